The number of hydrogen-bond donors (Lipinski definition) is 1. The Morgan fingerprint density at radius 1 is 1.17 bits per heavy atom. The van der Waals surface area contributed by atoms with Gasteiger partial charge < -0.3 is 5.11 Å². The summed E-state index contributed by atoms with van der Waals surface area (Å²) in [6.45, 7) is 7.75. The van der Waals surface area contributed by atoms with Gasteiger partial charge in [0.25, 0.3) is 0 Å². The van der Waals surface area contributed by atoms with Crippen LogP contribution >= 0.6 is 0 Å². The Labute approximate surface area is 85.6 Å². The lowest BCUT2D eigenvalue weighted by Crippen LogP contribution is -1.67. The van der Waals surface area contributed by atoms with Crippen LogP contribution in [0, 0.1) is 12.8 Å². The molecule has 0 saturated heterocycles. The minimum absolute atomic E-state index is 0. The molecule has 0 saturated carbocycles. The highest BCUT2D eigenvalue weighted by Gasteiger charge is 1.74. The minimum Gasteiger partial charge on any atom is -0.508 e. The summed E-state index contributed by atoms with van der Waals surface area (Å²) in [4.78, 5) is 0. The molecule has 1 N–H and O–H groups in total. The molecule has 1 aromatic rings. The largest absolute Gasteiger partial charge is 0.508 e. The summed E-state index contributed by atoms with van der Waals surface area (Å²) in [5.74, 6) is 0.905. The maximum Gasteiger partial charge on any atom is 0.187 e. The van der Waals surface area contributed by atoms with Gasteiger partial charge in [0.05, 0.1) is 0 Å². The van der Waals surface area contributed by atoms with Crippen molar-refractivity contribution in [3.05, 3.63) is 37.3 Å². The quantitative estimate of drug-likeness (QED) is 0.604. The van der Waals surface area contributed by atoms with Gasteiger partial charge >= 0.3 is 0 Å². The predicted octanol–water partition coefficient (Wildman–Crippen LogP) is 1.68. The molecule has 2 heteroatoms. The molecule has 0 bridgehead atoms. The van der Waals surface area contributed by atoms with Crippen LogP contribution in [0.5, 0.6) is 5.75 Å². The van der Waals surface area contributed by atoms with Gasteiger partial charge in [-0.1, -0.05) is 39.0 Å². The van der Waals surface area contributed by atoms with Gasteiger partial charge in [-0.05, 0) is 18.1 Å². The zero-order valence-corrected chi connectivity index (χ0v) is 7.12. The normalized spacial score (nSPS) is 8.00. The highest BCUT2D eigenvalue weighted by atomic mass is 27.0. The molecular weight excluding hydrogens is 163 g/mol. The number of rotatable bonds is 0. The van der Waals surface area contributed by atoms with E-state index in [1.165, 1.54) is 0 Å². The average Bonchev–Trinajstić information content (AvgIpc) is 1.87. The molecule has 0 fully saturated rings. The summed E-state index contributed by atoms with van der Waals surface area (Å²) in [7, 11) is 0. The average molecular weight is 181 g/mol. The third kappa shape index (κ3) is 12.2. The highest BCUT2D eigenvalue weighted by Crippen LogP contribution is 2.02. The van der Waals surface area contributed by atoms with Crippen molar-refractivity contribution in [1.82, 2.24) is 0 Å². The van der Waals surface area contributed by atoms with Crippen molar-refractivity contribution in [3.63, 3.8) is 0 Å². The van der Waals surface area contributed by atoms with Gasteiger partial charge in [0.2, 0.25) is 0 Å². The van der Waals surface area contributed by atoms with E-state index in [1.807, 2.05) is 6.07 Å². The van der Waals surface area contributed by atoms with Crippen LogP contribution in [-0.4, -0.2) is 22.5 Å². The van der Waals surface area contributed by atoms with E-state index in [2.05, 4.69) is 20.8 Å². The van der Waals surface area contributed by atoms with Crippen molar-refractivity contribution in [3.8, 4) is 5.75 Å². The summed E-state index contributed by atoms with van der Waals surface area (Å²) in [6.07, 6.45) is 0. The lowest BCUT2D eigenvalue weighted by Gasteiger charge is -1.82. The van der Waals surface area contributed by atoms with E-state index in [1.54, 1.807) is 24.3 Å². The Morgan fingerprint density at radius 2 is 1.50 bits per heavy atom. The lowest BCUT2D eigenvalue weighted by atomic mass is 10.3. The van der Waals surface area contributed by atoms with E-state index < -0.39 is 0 Å². The molecule has 0 spiro atoms. The zero-order valence-electron chi connectivity index (χ0n) is 7.12. The predicted molar refractivity (Wildman–Crippen MR) is 58.2 cm³/mol. The van der Waals surface area contributed by atoms with Gasteiger partial charge in [0.15, 0.2) is 17.4 Å². The van der Waals surface area contributed by atoms with Crippen molar-refractivity contribution >= 4 is 17.4 Å². The monoisotopic (exact) mass is 181 g/mol. The van der Waals surface area contributed by atoms with E-state index >= 15 is 0 Å². The number of benzene rings is 1. The Morgan fingerprint density at radius 3 is 1.67 bits per heavy atom. The molecule has 1 radical (unpaired) electrons. The maximum absolute atomic E-state index is 8.63. The molecule has 0 unspecified atom stereocenters. The third-order valence-electron chi connectivity index (χ3n) is 0.756. The van der Waals surface area contributed by atoms with E-state index in [9.17, 15) is 0 Å². The number of aromatic hydroxyl groups is 1. The topological polar surface area (TPSA) is 20.2 Å². The van der Waals surface area contributed by atoms with Crippen LogP contribution in [0.3, 0.4) is 0 Å². The lowest BCUT2D eigenvalue weighted by molar-refractivity contribution is 0.475. The van der Waals surface area contributed by atoms with Crippen LogP contribution in [0.1, 0.15) is 13.8 Å². The second kappa shape index (κ2) is 8.65. The summed E-state index contributed by atoms with van der Waals surface area (Å²) < 4.78 is 0. The first-order chi connectivity index (χ1) is 5.13. The highest BCUT2D eigenvalue weighted by molar-refractivity contribution is 5.75. The SMILES string of the molecule is Oc1ccccc1.[AlH3].[CH2]C(C)C. The van der Waals surface area contributed by atoms with E-state index in [-0.39, 0.29) is 17.4 Å². The van der Waals surface area contributed by atoms with E-state index in [0.717, 1.165) is 0 Å². The Hall–Kier alpha value is -0.448. The third-order valence-corrected chi connectivity index (χ3v) is 0.756. The van der Waals surface area contributed by atoms with Crippen LogP contribution in [0.15, 0.2) is 30.3 Å². The fraction of sp³-hybridized carbons (Fsp3) is 0.300. The molecule has 0 atom stereocenters. The molecular formula is C10H18AlO. The van der Waals surface area contributed by atoms with Gasteiger partial charge in [0, 0.05) is 0 Å². The smallest absolute Gasteiger partial charge is 0.187 e. The second-order valence-corrected chi connectivity index (χ2v) is 2.73. The summed E-state index contributed by atoms with van der Waals surface area (Å²) in [5, 5.41) is 8.63. The molecule has 0 aliphatic heterocycles. The molecule has 1 rings (SSSR count). The molecule has 1 nitrogen and oxygen atoms in total. The maximum atomic E-state index is 8.63. The summed E-state index contributed by atoms with van der Waals surface area (Å²) >= 11 is 0. The van der Waals surface area contributed by atoms with Crippen LogP contribution in [0.4, 0.5) is 0 Å². The fourth-order valence-corrected chi connectivity index (χ4v) is 0.428. The van der Waals surface area contributed by atoms with Crippen molar-refractivity contribution in [2.45, 2.75) is 13.8 Å². The number of phenolic OH excluding ortho intramolecular Hbond substituents is 1. The Balaban J connectivity index is 0. The van der Waals surface area contributed by atoms with Gasteiger partial charge in [-0.15, -0.1) is 0 Å². The summed E-state index contributed by atoms with van der Waals surface area (Å²) in [5.41, 5.74) is 0. The van der Waals surface area contributed by atoms with Crippen LogP contribution < -0.4 is 0 Å². The number of para-hydroxylation sites is 1. The molecule has 12 heavy (non-hydrogen) atoms. The Kier molecular flexibility index (Phi) is 10.2. The van der Waals surface area contributed by atoms with Crippen molar-refractivity contribution < 1.29 is 5.11 Å². The number of phenols is 1. The fourth-order valence-electron chi connectivity index (χ4n) is 0.428. The molecule has 0 aliphatic carbocycles. The van der Waals surface area contributed by atoms with Crippen molar-refractivity contribution in [2.75, 3.05) is 0 Å². The molecule has 0 amide bonds. The van der Waals surface area contributed by atoms with Gasteiger partial charge in [-0.2, -0.15) is 0 Å². The Bertz CT molecular complexity index is 170. The zero-order chi connectivity index (χ0) is 8.69. The minimum atomic E-state index is 0. The standard InChI is InChI=1S/C6H6O.C4H9.Al.3H/c7-6-4-2-1-3-5-6;1-4(2)3;;;;/h1-5,7H;4H,1H2,2-3H3;;;;. The van der Waals surface area contributed by atoms with E-state index in [0.29, 0.717) is 11.7 Å². The van der Waals surface area contributed by atoms with Crippen LogP contribution in [0.2, 0.25) is 0 Å². The van der Waals surface area contributed by atoms with Crippen LogP contribution in [0.25, 0.3) is 0 Å². The number of hydrogen-bond acceptors (Lipinski definition) is 1. The van der Waals surface area contributed by atoms with Gasteiger partial charge in [-0.25, -0.2) is 0 Å². The van der Waals surface area contributed by atoms with Crippen molar-refractivity contribution in [2.24, 2.45) is 5.92 Å². The first kappa shape index (κ1) is 14.1. The van der Waals surface area contributed by atoms with E-state index in [4.69, 9.17) is 5.11 Å². The first-order valence-electron chi connectivity index (χ1n) is 3.70. The molecule has 0 heterocycles. The molecule has 0 aromatic heterocycles. The summed E-state index contributed by atoms with van der Waals surface area (Å²) in [6, 6.07) is 8.71. The molecule has 0 aliphatic rings. The van der Waals surface area contributed by atoms with Gasteiger partial charge in [-0.3, -0.25) is 0 Å². The van der Waals surface area contributed by atoms with Crippen LogP contribution in [-0.2, 0) is 0 Å². The molecule has 1 aromatic carbocycles. The van der Waals surface area contributed by atoms with Crippen molar-refractivity contribution in [1.29, 1.82) is 0 Å². The second-order valence-electron chi connectivity index (χ2n) is 2.73. The molecule has 67 valence electrons. The first-order valence-corrected chi connectivity index (χ1v) is 3.70. The van der Waals surface area contributed by atoms with Gasteiger partial charge in [0.1, 0.15) is 5.75 Å².